The summed E-state index contributed by atoms with van der Waals surface area (Å²) < 4.78 is 0. The van der Waals surface area contributed by atoms with Crippen LogP contribution in [0.4, 0.5) is 11.5 Å². The first-order valence-corrected chi connectivity index (χ1v) is 5.80. The van der Waals surface area contributed by atoms with Crippen LogP contribution in [0.5, 0.6) is 0 Å². The zero-order valence-electron chi connectivity index (χ0n) is 10.1. The predicted molar refractivity (Wildman–Crippen MR) is 67.6 cm³/mol. The number of hydrogen-bond acceptors (Lipinski definition) is 4. The Balaban J connectivity index is 2.06. The summed E-state index contributed by atoms with van der Waals surface area (Å²) in [5, 5.41) is 0. The molecule has 1 saturated heterocycles. The topological polar surface area (TPSA) is 45.4 Å². The lowest BCUT2D eigenvalue weighted by Gasteiger charge is -2.37. The highest BCUT2D eigenvalue weighted by Gasteiger charge is 2.21. The van der Waals surface area contributed by atoms with Crippen LogP contribution in [0.15, 0.2) is 18.3 Å². The standard InChI is InChI=1S/C12H20N4/c1-15(2)11-4-3-7-16(9-11)10-5-6-12(13)14-8-10/h5-6,8,11H,3-4,7,9H2,1-2H3,(H2,13,14). The van der Waals surface area contributed by atoms with Gasteiger partial charge in [-0.05, 0) is 39.1 Å². The van der Waals surface area contributed by atoms with E-state index in [1.165, 1.54) is 18.5 Å². The second-order valence-electron chi connectivity index (χ2n) is 4.65. The molecule has 1 aliphatic heterocycles. The summed E-state index contributed by atoms with van der Waals surface area (Å²) in [6.45, 7) is 2.20. The van der Waals surface area contributed by atoms with Crippen LogP contribution in [-0.2, 0) is 0 Å². The first-order chi connectivity index (χ1) is 7.66. The van der Waals surface area contributed by atoms with Crippen molar-refractivity contribution in [1.82, 2.24) is 9.88 Å². The monoisotopic (exact) mass is 220 g/mol. The molecule has 1 aromatic rings. The lowest BCUT2D eigenvalue weighted by atomic mass is 10.0. The minimum atomic E-state index is 0.588. The van der Waals surface area contributed by atoms with Gasteiger partial charge in [0.15, 0.2) is 0 Å². The molecule has 0 aliphatic carbocycles. The van der Waals surface area contributed by atoms with Crippen LogP contribution in [-0.4, -0.2) is 43.1 Å². The third-order valence-corrected chi connectivity index (χ3v) is 3.26. The molecule has 1 aromatic heterocycles. The van der Waals surface area contributed by atoms with E-state index in [1.807, 2.05) is 12.3 Å². The Morgan fingerprint density at radius 1 is 1.44 bits per heavy atom. The highest BCUT2D eigenvalue weighted by atomic mass is 15.2. The molecule has 2 rings (SSSR count). The molecule has 16 heavy (non-hydrogen) atoms. The lowest BCUT2D eigenvalue weighted by molar-refractivity contribution is 0.258. The van der Waals surface area contributed by atoms with Crippen LogP contribution in [0.2, 0.25) is 0 Å². The number of likely N-dealkylation sites (N-methyl/N-ethyl adjacent to an activating group) is 1. The molecule has 4 nitrogen and oxygen atoms in total. The van der Waals surface area contributed by atoms with Crippen molar-refractivity contribution < 1.29 is 0 Å². The van der Waals surface area contributed by atoms with E-state index in [9.17, 15) is 0 Å². The van der Waals surface area contributed by atoms with Crippen molar-refractivity contribution in [1.29, 1.82) is 0 Å². The first-order valence-electron chi connectivity index (χ1n) is 5.80. The predicted octanol–water partition coefficient (Wildman–Crippen LogP) is 1.19. The van der Waals surface area contributed by atoms with Gasteiger partial charge in [0.25, 0.3) is 0 Å². The summed E-state index contributed by atoms with van der Waals surface area (Å²) in [6.07, 6.45) is 4.40. The van der Waals surface area contributed by atoms with Gasteiger partial charge in [-0.15, -0.1) is 0 Å². The number of nitrogen functional groups attached to an aromatic ring is 1. The molecule has 2 heterocycles. The SMILES string of the molecule is CN(C)C1CCCN(c2ccc(N)nc2)C1. The van der Waals surface area contributed by atoms with E-state index in [1.54, 1.807) is 0 Å². The number of nitrogens with two attached hydrogens (primary N) is 1. The van der Waals surface area contributed by atoms with Crippen LogP contribution in [0.25, 0.3) is 0 Å². The summed E-state index contributed by atoms with van der Waals surface area (Å²) in [5.74, 6) is 0.588. The zero-order valence-corrected chi connectivity index (χ0v) is 10.1. The largest absolute Gasteiger partial charge is 0.384 e. The molecule has 0 spiro atoms. The summed E-state index contributed by atoms with van der Waals surface area (Å²) in [7, 11) is 4.30. The van der Waals surface area contributed by atoms with Crippen LogP contribution in [0, 0.1) is 0 Å². The number of piperidine rings is 1. The highest BCUT2D eigenvalue weighted by molar-refractivity contribution is 5.48. The molecule has 0 radical (unpaired) electrons. The van der Waals surface area contributed by atoms with Crippen molar-refractivity contribution in [2.45, 2.75) is 18.9 Å². The number of hydrogen-bond donors (Lipinski definition) is 1. The molecule has 88 valence electrons. The van der Waals surface area contributed by atoms with Gasteiger partial charge >= 0.3 is 0 Å². The van der Waals surface area contributed by atoms with Crippen molar-refractivity contribution in [3.63, 3.8) is 0 Å². The van der Waals surface area contributed by atoms with Crippen LogP contribution in [0.3, 0.4) is 0 Å². The second kappa shape index (κ2) is 4.70. The summed E-state index contributed by atoms with van der Waals surface area (Å²) in [4.78, 5) is 8.84. The molecule has 1 fully saturated rings. The van der Waals surface area contributed by atoms with Crippen LogP contribution >= 0.6 is 0 Å². The average molecular weight is 220 g/mol. The van der Waals surface area contributed by atoms with Gasteiger partial charge in [-0.25, -0.2) is 4.98 Å². The Hall–Kier alpha value is -1.29. The molecule has 0 amide bonds. The molecule has 0 bridgehead atoms. The number of pyridine rings is 1. The van der Waals surface area contributed by atoms with E-state index in [0.29, 0.717) is 11.9 Å². The number of nitrogens with zero attached hydrogens (tertiary/aromatic N) is 3. The Labute approximate surface area is 97.1 Å². The Morgan fingerprint density at radius 3 is 2.88 bits per heavy atom. The number of aromatic nitrogens is 1. The normalized spacial score (nSPS) is 21.4. The first kappa shape index (κ1) is 11.2. The van der Waals surface area contributed by atoms with E-state index in [0.717, 1.165) is 13.1 Å². The molecular formula is C12H20N4. The van der Waals surface area contributed by atoms with E-state index in [4.69, 9.17) is 5.73 Å². The molecule has 2 N–H and O–H groups in total. The van der Waals surface area contributed by atoms with E-state index in [-0.39, 0.29) is 0 Å². The van der Waals surface area contributed by atoms with Crippen molar-refractivity contribution in [2.24, 2.45) is 0 Å². The van der Waals surface area contributed by atoms with Gasteiger partial charge in [-0.3, -0.25) is 0 Å². The third kappa shape index (κ3) is 2.44. The Morgan fingerprint density at radius 2 is 2.25 bits per heavy atom. The van der Waals surface area contributed by atoms with Crippen molar-refractivity contribution in [3.05, 3.63) is 18.3 Å². The van der Waals surface area contributed by atoms with E-state index in [2.05, 4.69) is 34.9 Å². The molecule has 1 atom stereocenters. The minimum Gasteiger partial charge on any atom is -0.384 e. The fourth-order valence-electron chi connectivity index (χ4n) is 2.20. The van der Waals surface area contributed by atoms with Crippen molar-refractivity contribution >= 4 is 11.5 Å². The van der Waals surface area contributed by atoms with Gasteiger partial charge in [0, 0.05) is 19.1 Å². The summed E-state index contributed by atoms with van der Waals surface area (Å²) in [6, 6.07) is 4.57. The smallest absolute Gasteiger partial charge is 0.123 e. The second-order valence-corrected chi connectivity index (χ2v) is 4.65. The van der Waals surface area contributed by atoms with Gasteiger partial charge in [0.1, 0.15) is 5.82 Å². The Kier molecular flexibility index (Phi) is 3.29. The van der Waals surface area contributed by atoms with E-state index >= 15 is 0 Å². The van der Waals surface area contributed by atoms with E-state index < -0.39 is 0 Å². The summed E-state index contributed by atoms with van der Waals surface area (Å²) >= 11 is 0. The lowest BCUT2D eigenvalue weighted by Crippen LogP contribution is -2.45. The molecule has 1 aliphatic rings. The zero-order chi connectivity index (χ0) is 11.5. The fraction of sp³-hybridized carbons (Fsp3) is 0.583. The maximum absolute atomic E-state index is 5.59. The number of rotatable bonds is 2. The van der Waals surface area contributed by atoms with Crippen LogP contribution < -0.4 is 10.6 Å². The van der Waals surface area contributed by atoms with Gasteiger partial charge in [0.2, 0.25) is 0 Å². The molecule has 0 saturated carbocycles. The van der Waals surface area contributed by atoms with Gasteiger partial charge < -0.3 is 15.5 Å². The van der Waals surface area contributed by atoms with Crippen molar-refractivity contribution in [3.8, 4) is 0 Å². The van der Waals surface area contributed by atoms with Crippen molar-refractivity contribution in [2.75, 3.05) is 37.8 Å². The quantitative estimate of drug-likeness (QED) is 0.813. The minimum absolute atomic E-state index is 0.588. The maximum Gasteiger partial charge on any atom is 0.123 e. The third-order valence-electron chi connectivity index (χ3n) is 3.26. The molecule has 1 unspecified atom stereocenters. The average Bonchev–Trinajstić information content (AvgIpc) is 2.30. The van der Waals surface area contributed by atoms with Crippen LogP contribution in [0.1, 0.15) is 12.8 Å². The number of anilines is 2. The van der Waals surface area contributed by atoms with Gasteiger partial charge in [-0.2, -0.15) is 0 Å². The van der Waals surface area contributed by atoms with Gasteiger partial charge in [0.05, 0.1) is 11.9 Å². The fourth-order valence-corrected chi connectivity index (χ4v) is 2.20. The Bertz CT molecular complexity index is 333. The maximum atomic E-state index is 5.59. The van der Waals surface area contributed by atoms with Gasteiger partial charge in [-0.1, -0.05) is 0 Å². The molecule has 4 heteroatoms. The highest BCUT2D eigenvalue weighted by Crippen LogP contribution is 2.21. The molecular weight excluding hydrogens is 200 g/mol. The molecule has 0 aromatic carbocycles. The summed E-state index contributed by atoms with van der Waals surface area (Å²) in [5.41, 5.74) is 6.78.